The number of carbonyl (C=O) groups excluding carboxylic acids is 1. The van der Waals surface area contributed by atoms with E-state index < -0.39 is 0 Å². The molecule has 2 aromatic carbocycles. The van der Waals surface area contributed by atoms with Crippen molar-refractivity contribution < 1.29 is 14.3 Å². The highest BCUT2D eigenvalue weighted by Gasteiger charge is 2.12. The largest absolute Gasteiger partial charge is 0.497 e. The number of benzene rings is 2. The van der Waals surface area contributed by atoms with Crippen molar-refractivity contribution in [3.63, 3.8) is 0 Å². The summed E-state index contributed by atoms with van der Waals surface area (Å²) in [6.07, 6.45) is 0. The molecule has 8 heteroatoms. The molecule has 0 unspecified atom stereocenters. The molecule has 1 amide bonds. The van der Waals surface area contributed by atoms with Crippen LogP contribution in [-0.4, -0.2) is 33.5 Å². The lowest BCUT2D eigenvalue weighted by Crippen LogP contribution is -2.14. The maximum atomic E-state index is 12.2. The Morgan fingerprint density at radius 1 is 1.07 bits per heavy atom. The number of anilines is 1. The molecule has 1 heterocycles. The number of nitrogens with zero attached hydrogens (tertiary/aromatic N) is 3. The van der Waals surface area contributed by atoms with E-state index in [1.165, 1.54) is 17.3 Å². The van der Waals surface area contributed by atoms with Crippen LogP contribution < -0.4 is 14.8 Å². The molecule has 0 aliphatic carbocycles. The highest BCUT2D eigenvalue weighted by molar-refractivity contribution is 7.99. The summed E-state index contributed by atoms with van der Waals surface area (Å²) >= 11 is 1.33. The fourth-order valence-electron chi connectivity index (χ4n) is 2.56. The molecule has 0 spiro atoms. The molecule has 0 saturated carbocycles. The normalized spacial score (nSPS) is 10.6. The average molecular weight is 413 g/mol. The zero-order valence-electron chi connectivity index (χ0n) is 16.9. The highest BCUT2D eigenvalue weighted by atomic mass is 32.2. The predicted octanol–water partition coefficient (Wildman–Crippen LogP) is 3.75. The molecule has 0 aliphatic heterocycles. The molecule has 3 aromatic rings. The Kier molecular flexibility index (Phi) is 6.77. The predicted molar refractivity (Wildman–Crippen MR) is 114 cm³/mol. The van der Waals surface area contributed by atoms with Crippen molar-refractivity contribution in [3.8, 4) is 11.5 Å². The Labute approximate surface area is 174 Å². The fraction of sp³-hybridized carbons (Fsp3) is 0.286. The number of methoxy groups -OCH3 is 1. The third-order valence-electron chi connectivity index (χ3n) is 4.48. The molecule has 29 heavy (non-hydrogen) atoms. The van der Waals surface area contributed by atoms with Crippen LogP contribution in [-0.2, 0) is 18.4 Å². The first-order valence-electron chi connectivity index (χ1n) is 9.11. The number of nitrogens with one attached hydrogen (secondary N) is 1. The Morgan fingerprint density at radius 3 is 2.48 bits per heavy atom. The Balaban J connectivity index is 1.52. The van der Waals surface area contributed by atoms with E-state index in [-0.39, 0.29) is 18.3 Å². The maximum absolute atomic E-state index is 12.2. The fourth-order valence-corrected chi connectivity index (χ4v) is 3.29. The van der Waals surface area contributed by atoms with Gasteiger partial charge < -0.3 is 19.4 Å². The number of carbonyl (C=O) groups is 1. The minimum atomic E-state index is -0.0858. The van der Waals surface area contributed by atoms with E-state index in [1.54, 1.807) is 7.11 Å². The Morgan fingerprint density at radius 2 is 1.79 bits per heavy atom. The van der Waals surface area contributed by atoms with Gasteiger partial charge in [-0.3, -0.25) is 4.79 Å². The van der Waals surface area contributed by atoms with E-state index in [0.29, 0.717) is 11.0 Å². The van der Waals surface area contributed by atoms with Crippen molar-refractivity contribution in [2.24, 2.45) is 7.05 Å². The van der Waals surface area contributed by atoms with E-state index in [1.807, 2.05) is 67.9 Å². The summed E-state index contributed by atoms with van der Waals surface area (Å²) in [5, 5.41) is 11.9. The second kappa shape index (κ2) is 9.47. The molecule has 1 aromatic heterocycles. The molecule has 1 N–H and O–H groups in total. The van der Waals surface area contributed by atoms with Gasteiger partial charge in [0, 0.05) is 12.7 Å². The quantitative estimate of drug-likeness (QED) is 0.568. The number of aromatic nitrogens is 3. The minimum Gasteiger partial charge on any atom is -0.497 e. The number of hydrogen-bond donors (Lipinski definition) is 1. The summed E-state index contributed by atoms with van der Waals surface area (Å²) in [7, 11) is 3.48. The third kappa shape index (κ3) is 5.51. The first kappa shape index (κ1) is 20.7. The SMILES string of the molecule is COc1ccc(OCc2nnc(SCC(=O)Nc3ccc(C)c(C)c3)n2C)cc1. The summed E-state index contributed by atoms with van der Waals surface area (Å²) in [6, 6.07) is 13.2. The molecule has 152 valence electrons. The van der Waals surface area contributed by atoms with Crippen molar-refractivity contribution in [1.82, 2.24) is 14.8 Å². The van der Waals surface area contributed by atoms with Gasteiger partial charge in [0.2, 0.25) is 5.91 Å². The van der Waals surface area contributed by atoms with E-state index in [9.17, 15) is 4.79 Å². The van der Waals surface area contributed by atoms with Crippen molar-refractivity contribution in [2.75, 3.05) is 18.2 Å². The van der Waals surface area contributed by atoms with E-state index in [0.717, 1.165) is 22.7 Å². The molecule has 3 rings (SSSR count). The second-order valence-electron chi connectivity index (χ2n) is 6.56. The van der Waals surface area contributed by atoms with Crippen LogP contribution >= 0.6 is 11.8 Å². The van der Waals surface area contributed by atoms with Gasteiger partial charge in [-0.15, -0.1) is 10.2 Å². The van der Waals surface area contributed by atoms with Gasteiger partial charge >= 0.3 is 0 Å². The van der Waals surface area contributed by atoms with Gasteiger partial charge in [0.25, 0.3) is 0 Å². The van der Waals surface area contributed by atoms with E-state index in [4.69, 9.17) is 9.47 Å². The number of ether oxygens (including phenoxy) is 2. The van der Waals surface area contributed by atoms with Crippen LogP contribution in [0, 0.1) is 13.8 Å². The molecule has 0 fully saturated rings. The van der Waals surface area contributed by atoms with Crippen LogP contribution in [0.5, 0.6) is 11.5 Å². The van der Waals surface area contributed by atoms with Crippen LogP contribution in [0.3, 0.4) is 0 Å². The van der Waals surface area contributed by atoms with Crippen molar-refractivity contribution in [3.05, 3.63) is 59.4 Å². The Bertz CT molecular complexity index is 986. The van der Waals surface area contributed by atoms with Crippen molar-refractivity contribution in [2.45, 2.75) is 25.6 Å². The van der Waals surface area contributed by atoms with Crippen LogP contribution in [0.1, 0.15) is 17.0 Å². The standard InChI is InChI=1S/C21H24N4O3S/c1-14-5-6-16(11-15(14)2)22-20(26)13-29-21-24-23-19(25(21)3)12-28-18-9-7-17(27-4)8-10-18/h5-11H,12-13H2,1-4H3,(H,22,26). The smallest absolute Gasteiger partial charge is 0.234 e. The first-order valence-corrected chi connectivity index (χ1v) is 10.1. The van der Waals surface area contributed by atoms with Crippen LogP contribution in [0.25, 0.3) is 0 Å². The molecule has 0 bridgehead atoms. The number of aryl methyl sites for hydroxylation is 2. The van der Waals surface area contributed by atoms with Crippen LogP contribution in [0.15, 0.2) is 47.6 Å². The summed E-state index contributed by atoms with van der Waals surface area (Å²) in [5.41, 5.74) is 3.14. The summed E-state index contributed by atoms with van der Waals surface area (Å²) in [4.78, 5) is 12.2. The summed E-state index contributed by atoms with van der Waals surface area (Å²) < 4.78 is 12.7. The minimum absolute atomic E-state index is 0.0858. The lowest BCUT2D eigenvalue weighted by Gasteiger charge is -2.08. The number of hydrogen-bond acceptors (Lipinski definition) is 6. The van der Waals surface area contributed by atoms with E-state index >= 15 is 0 Å². The van der Waals surface area contributed by atoms with Gasteiger partial charge in [0.1, 0.15) is 18.1 Å². The van der Waals surface area contributed by atoms with Crippen molar-refractivity contribution in [1.29, 1.82) is 0 Å². The highest BCUT2D eigenvalue weighted by Crippen LogP contribution is 2.20. The van der Waals surface area contributed by atoms with Gasteiger partial charge in [0.15, 0.2) is 11.0 Å². The second-order valence-corrected chi connectivity index (χ2v) is 7.50. The molecular weight excluding hydrogens is 388 g/mol. The Hall–Kier alpha value is -3.00. The molecular formula is C21H24N4O3S. The summed E-state index contributed by atoms with van der Waals surface area (Å²) in [6.45, 7) is 4.35. The van der Waals surface area contributed by atoms with Gasteiger partial charge in [0.05, 0.1) is 12.9 Å². The topological polar surface area (TPSA) is 78.3 Å². The molecule has 0 aliphatic rings. The lowest BCUT2D eigenvalue weighted by molar-refractivity contribution is -0.113. The first-order chi connectivity index (χ1) is 14.0. The lowest BCUT2D eigenvalue weighted by atomic mass is 10.1. The summed E-state index contributed by atoms with van der Waals surface area (Å²) in [5.74, 6) is 2.33. The zero-order chi connectivity index (χ0) is 20.8. The van der Waals surface area contributed by atoms with Gasteiger partial charge in [-0.1, -0.05) is 17.8 Å². The maximum Gasteiger partial charge on any atom is 0.234 e. The third-order valence-corrected chi connectivity index (χ3v) is 5.50. The molecule has 0 atom stereocenters. The van der Waals surface area contributed by atoms with Gasteiger partial charge in [-0.25, -0.2) is 0 Å². The average Bonchev–Trinajstić information content (AvgIpc) is 3.07. The molecule has 0 saturated heterocycles. The number of amides is 1. The van der Waals surface area contributed by atoms with Crippen LogP contribution in [0.2, 0.25) is 0 Å². The van der Waals surface area contributed by atoms with Gasteiger partial charge in [-0.05, 0) is 61.4 Å². The molecule has 7 nitrogen and oxygen atoms in total. The van der Waals surface area contributed by atoms with Gasteiger partial charge in [-0.2, -0.15) is 0 Å². The number of thioether (sulfide) groups is 1. The van der Waals surface area contributed by atoms with E-state index in [2.05, 4.69) is 15.5 Å². The van der Waals surface area contributed by atoms with Crippen molar-refractivity contribution >= 4 is 23.4 Å². The van der Waals surface area contributed by atoms with Crippen LogP contribution in [0.4, 0.5) is 5.69 Å². The monoisotopic (exact) mass is 412 g/mol. The molecule has 0 radical (unpaired) electrons. The zero-order valence-corrected chi connectivity index (χ0v) is 17.7. The number of rotatable bonds is 8.